The van der Waals surface area contributed by atoms with E-state index in [0.717, 1.165) is 0 Å². The number of carbonyl (C=O) groups is 1. The summed E-state index contributed by atoms with van der Waals surface area (Å²) >= 11 is 6.09. The van der Waals surface area contributed by atoms with Crippen LogP contribution >= 0.6 is 11.6 Å². The molecule has 0 bridgehead atoms. The number of imidazole rings is 1. The largest absolute Gasteiger partial charge is 0.371 e. The van der Waals surface area contributed by atoms with Gasteiger partial charge in [0.2, 0.25) is 5.91 Å². The Hall–Kier alpha value is -4.19. The molecule has 10 nitrogen and oxygen atoms in total. The number of halogens is 3. The third kappa shape index (κ3) is 3.84. The van der Waals surface area contributed by atoms with Crippen LogP contribution in [0, 0.1) is 11.6 Å². The number of aromatic amines is 1. The summed E-state index contributed by atoms with van der Waals surface area (Å²) in [5, 5.41) is 13.8. The number of fused-ring (bicyclic) bond motifs is 1. The Morgan fingerprint density at radius 1 is 1.16 bits per heavy atom. The summed E-state index contributed by atoms with van der Waals surface area (Å²) in [4.78, 5) is 26.8. The highest BCUT2D eigenvalue weighted by atomic mass is 35.5. The van der Waals surface area contributed by atoms with Gasteiger partial charge >= 0.3 is 0 Å². The minimum atomic E-state index is -0.632. The van der Waals surface area contributed by atoms with Gasteiger partial charge in [0.15, 0.2) is 17.5 Å². The van der Waals surface area contributed by atoms with Crippen LogP contribution in [0.3, 0.4) is 0 Å². The van der Waals surface area contributed by atoms with E-state index in [4.69, 9.17) is 11.6 Å². The number of pyridine rings is 1. The second-order valence-corrected chi connectivity index (χ2v) is 9.24. The van der Waals surface area contributed by atoms with E-state index >= 15 is 4.39 Å². The summed E-state index contributed by atoms with van der Waals surface area (Å²) in [6, 6.07) is 4.13. The first-order valence-corrected chi connectivity index (χ1v) is 12.0. The molecule has 4 aromatic rings. The van der Waals surface area contributed by atoms with Crippen molar-refractivity contribution < 1.29 is 13.6 Å². The summed E-state index contributed by atoms with van der Waals surface area (Å²) in [5.41, 5.74) is 1.93. The Bertz CT molecular complexity index is 1540. The zero-order valence-corrected chi connectivity index (χ0v) is 20.2. The monoisotopic (exact) mass is 523 g/mol. The number of nitrogens with one attached hydrogen (secondary N) is 2. The van der Waals surface area contributed by atoms with Crippen LogP contribution in [0.1, 0.15) is 36.7 Å². The summed E-state index contributed by atoms with van der Waals surface area (Å²) in [5.74, 6) is -0.692. The smallest absolute Gasteiger partial charge is 0.247 e. The first-order valence-electron chi connectivity index (χ1n) is 11.6. The molecule has 0 saturated carbocycles. The lowest BCUT2D eigenvalue weighted by atomic mass is 9.92. The lowest BCUT2D eigenvalue weighted by molar-refractivity contribution is -0.129. The molecule has 3 aromatic heterocycles. The standard InChI is InChI=1S/C24H20ClF2N9O/c1-28-24-21(26)14(6-7-29-24)16-10-30-23(32-16)18-4-2-13-8-12(9-19(37)36(13)18)20-17(35-11-31-33-34-35)5-3-15(25)22(20)27/h3,5-7,9-11,13,18H,2,4,8H2,1H3,(H,28,29)(H,30,32)/t13-,18+/m0/s1. The van der Waals surface area contributed by atoms with Crippen molar-refractivity contribution in [3.05, 3.63) is 71.0 Å². The Morgan fingerprint density at radius 2 is 2.03 bits per heavy atom. The fourth-order valence-electron chi connectivity index (χ4n) is 5.17. The van der Waals surface area contributed by atoms with Crippen molar-refractivity contribution in [2.45, 2.75) is 31.3 Å². The molecule has 1 aromatic carbocycles. The maximum absolute atomic E-state index is 15.3. The lowest BCUT2D eigenvalue weighted by Gasteiger charge is -2.33. The van der Waals surface area contributed by atoms with Crippen LogP contribution in [-0.4, -0.2) is 59.1 Å². The van der Waals surface area contributed by atoms with Gasteiger partial charge in [0, 0.05) is 36.5 Å². The van der Waals surface area contributed by atoms with Gasteiger partial charge in [-0.15, -0.1) is 5.10 Å². The predicted molar refractivity (Wildman–Crippen MR) is 131 cm³/mol. The first kappa shape index (κ1) is 23.2. The average Bonchev–Trinajstić information content (AvgIpc) is 3.66. The highest BCUT2D eigenvalue weighted by Crippen LogP contribution is 2.44. The number of hydrogen-bond acceptors (Lipinski definition) is 7. The van der Waals surface area contributed by atoms with E-state index < -0.39 is 11.6 Å². The molecule has 6 rings (SSSR count). The van der Waals surface area contributed by atoms with E-state index in [9.17, 15) is 9.18 Å². The van der Waals surface area contributed by atoms with Gasteiger partial charge in [-0.1, -0.05) is 11.6 Å². The van der Waals surface area contributed by atoms with Gasteiger partial charge < -0.3 is 15.2 Å². The molecular weight excluding hydrogens is 504 g/mol. The van der Waals surface area contributed by atoms with Crippen LogP contribution in [0.25, 0.3) is 22.5 Å². The van der Waals surface area contributed by atoms with E-state index in [-0.39, 0.29) is 34.4 Å². The number of rotatable bonds is 5. The van der Waals surface area contributed by atoms with Gasteiger partial charge in [0.05, 0.1) is 28.6 Å². The molecule has 2 N–H and O–H groups in total. The minimum absolute atomic E-state index is 0.0557. The molecule has 2 aliphatic rings. The number of amides is 1. The van der Waals surface area contributed by atoms with E-state index in [1.807, 2.05) is 0 Å². The third-order valence-corrected chi connectivity index (χ3v) is 7.12. The number of benzene rings is 1. The van der Waals surface area contributed by atoms with Crippen molar-refractivity contribution in [2.75, 3.05) is 12.4 Å². The molecule has 0 radical (unpaired) electrons. The zero-order valence-electron chi connectivity index (χ0n) is 19.5. The Labute approximate surface area is 214 Å². The van der Waals surface area contributed by atoms with E-state index in [1.165, 1.54) is 29.3 Å². The van der Waals surface area contributed by atoms with Crippen LogP contribution < -0.4 is 5.32 Å². The van der Waals surface area contributed by atoms with E-state index in [2.05, 4.69) is 35.8 Å². The number of tetrazole rings is 1. The quantitative estimate of drug-likeness (QED) is 0.407. The predicted octanol–water partition coefficient (Wildman–Crippen LogP) is 3.94. The van der Waals surface area contributed by atoms with Gasteiger partial charge in [-0.3, -0.25) is 4.79 Å². The fraction of sp³-hybridized carbons (Fsp3) is 0.250. The average molecular weight is 524 g/mol. The second-order valence-electron chi connectivity index (χ2n) is 8.83. The number of aromatic nitrogens is 7. The third-order valence-electron chi connectivity index (χ3n) is 6.83. The molecule has 13 heteroatoms. The van der Waals surface area contributed by atoms with Crippen molar-refractivity contribution in [1.29, 1.82) is 0 Å². The Morgan fingerprint density at radius 3 is 2.81 bits per heavy atom. The topological polar surface area (TPSA) is 118 Å². The van der Waals surface area contributed by atoms with Crippen molar-refractivity contribution in [3.63, 3.8) is 0 Å². The molecule has 2 atom stereocenters. The molecule has 37 heavy (non-hydrogen) atoms. The van der Waals surface area contributed by atoms with Crippen LogP contribution in [0.5, 0.6) is 0 Å². The maximum atomic E-state index is 15.3. The van der Waals surface area contributed by atoms with Gasteiger partial charge in [-0.2, -0.15) is 4.68 Å². The zero-order chi connectivity index (χ0) is 25.7. The molecular formula is C24H20ClF2N9O. The Balaban J connectivity index is 1.33. The SMILES string of the molecule is CNc1nccc(-c2cnc([C@H]3CC[C@H]4CC(c5c(-n6cnnn6)ccc(Cl)c5F)=CC(=O)N43)[nH]2)c1F. The van der Waals surface area contributed by atoms with Gasteiger partial charge in [0.1, 0.15) is 12.2 Å². The molecule has 0 spiro atoms. The summed E-state index contributed by atoms with van der Waals surface area (Å²) < 4.78 is 31.4. The molecule has 5 heterocycles. The highest BCUT2D eigenvalue weighted by Gasteiger charge is 2.42. The first-order chi connectivity index (χ1) is 18.0. The summed E-state index contributed by atoms with van der Waals surface area (Å²) in [7, 11) is 1.59. The van der Waals surface area contributed by atoms with Crippen molar-refractivity contribution in [1.82, 2.24) is 40.1 Å². The van der Waals surface area contributed by atoms with E-state index in [0.29, 0.717) is 47.6 Å². The Kier molecular flexibility index (Phi) is 5.67. The van der Waals surface area contributed by atoms with E-state index in [1.54, 1.807) is 30.3 Å². The fourth-order valence-corrected chi connectivity index (χ4v) is 5.33. The van der Waals surface area contributed by atoms with Gasteiger partial charge in [-0.05, 0) is 53.5 Å². The number of H-pyrrole nitrogens is 1. The van der Waals surface area contributed by atoms with Crippen LogP contribution in [0.15, 0.2) is 43.0 Å². The van der Waals surface area contributed by atoms with Crippen molar-refractivity contribution in [3.8, 4) is 16.9 Å². The number of anilines is 1. The van der Waals surface area contributed by atoms with Gasteiger partial charge in [0.25, 0.3) is 0 Å². The maximum Gasteiger partial charge on any atom is 0.247 e. The normalized spacial score (nSPS) is 19.2. The highest BCUT2D eigenvalue weighted by molar-refractivity contribution is 6.31. The summed E-state index contributed by atoms with van der Waals surface area (Å²) in [6.07, 6.45) is 7.62. The molecule has 188 valence electrons. The van der Waals surface area contributed by atoms with Gasteiger partial charge in [-0.25, -0.2) is 18.7 Å². The molecule has 1 amide bonds. The van der Waals surface area contributed by atoms with Crippen molar-refractivity contribution in [2.24, 2.45) is 0 Å². The number of carbonyl (C=O) groups excluding carboxylic acids is 1. The summed E-state index contributed by atoms with van der Waals surface area (Å²) in [6.45, 7) is 0. The second kappa shape index (κ2) is 9.04. The van der Waals surface area contributed by atoms with Crippen LogP contribution in [0.2, 0.25) is 5.02 Å². The molecule has 2 aliphatic heterocycles. The molecule has 1 saturated heterocycles. The molecule has 0 unspecified atom stereocenters. The van der Waals surface area contributed by atoms with Crippen LogP contribution in [-0.2, 0) is 4.79 Å². The lowest BCUT2D eigenvalue weighted by Crippen LogP contribution is -2.39. The molecule has 0 aliphatic carbocycles. The number of nitrogens with zero attached hydrogens (tertiary/aromatic N) is 7. The van der Waals surface area contributed by atoms with Crippen LogP contribution in [0.4, 0.5) is 14.6 Å². The van der Waals surface area contributed by atoms with Crippen molar-refractivity contribution >= 4 is 28.9 Å². The molecule has 1 fully saturated rings. The minimum Gasteiger partial charge on any atom is -0.371 e. The number of hydrogen-bond donors (Lipinski definition) is 2.